The summed E-state index contributed by atoms with van der Waals surface area (Å²) in [5.74, 6) is -4.67. The van der Waals surface area contributed by atoms with Crippen molar-refractivity contribution in [3.63, 3.8) is 0 Å². The number of fused-ring (bicyclic) bond motifs is 16. The number of amides is 3. The molecule has 59 heavy (non-hydrogen) atoms. The molecule has 7 rings (SSSR count). The van der Waals surface area contributed by atoms with Gasteiger partial charge in [0.15, 0.2) is 11.6 Å². The smallest absolute Gasteiger partial charge is 0.305 e. The van der Waals surface area contributed by atoms with Gasteiger partial charge in [-0.1, -0.05) is 103 Å². The van der Waals surface area contributed by atoms with Crippen LogP contribution < -0.4 is 20.7 Å². The van der Waals surface area contributed by atoms with Crippen molar-refractivity contribution in [1.29, 1.82) is 0 Å². The highest BCUT2D eigenvalue weighted by Gasteiger charge is 2.33. The van der Waals surface area contributed by atoms with E-state index in [0.717, 1.165) is 27.1 Å². The maximum Gasteiger partial charge on any atom is 0.305 e. The Labute approximate surface area is 347 Å². The summed E-state index contributed by atoms with van der Waals surface area (Å²) in [6, 6.07) is 35.1. The van der Waals surface area contributed by atoms with Crippen molar-refractivity contribution in [3.05, 3.63) is 148 Å². The minimum Gasteiger partial charge on any atom is -0.486 e. The number of carboxylic acids is 1. The van der Waals surface area contributed by atoms with Gasteiger partial charge >= 0.3 is 5.97 Å². The van der Waals surface area contributed by atoms with E-state index in [1.54, 1.807) is 24.3 Å². The van der Waals surface area contributed by atoms with Crippen molar-refractivity contribution >= 4 is 46.6 Å². The first kappa shape index (κ1) is 42.2. The molecule has 2 aliphatic rings. The van der Waals surface area contributed by atoms with Gasteiger partial charge < -0.3 is 25.8 Å². The van der Waals surface area contributed by atoms with Gasteiger partial charge in [-0.05, 0) is 70.7 Å². The fraction of sp³-hybridized carbons (Fsp3) is 0.277. The second-order valence-corrected chi connectivity index (χ2v) is 15.8. The molecular weight excluding hydrogens is 767 g/mol. The van der Waals surface area contributed by atoms with E-state index >= 15 is 0 Å². The Morgan fingerprint density at radius 2 is 1.32 bits per heavy atom. The number of hydrogen-bond donors (Lipinski definition) is 4. The zero-order valence-corrected chi connectivity index (χ0v) is 33.3. The first-order valence-corrected chi connectivity index (χ1v) is 20.5. The first-order valence-electron chi connectivity index (χ1n) is 19.7. The van der Waals surface area contributed by atoms with E-state index in [1.807, 2.05) is 102 Å². The lowest BCUT2D eigenvalue weighted by molar-refractivity contribution is -0.137. The van der Waals surface area contributed by atoms with Crippen LogP contribution in [-0.2, 0) is 54.5 Å². The van der Waals surface area contributed by atoms with Crippen LogP contribution in [0.2, 0.25) is 0 Å². The SMILES string of the molecule is O=C(O)CCNC(=O)[C@H]1CC(=O)[C@H](Cc2ccccc2)NC(=O)[C@H](Cc2ccc(-c3ccccc3)cc2)NC(=O)[C@H](Cc2cccs2)CC(=O)COc2ccc(cc2)C1. The van der Waals surface area contributed by atoms with Crippen molar-refractivity contribution in [2.45, 2.75) is 57.0 Å². The van der Waals surface area contributed by atoms with E-state index in [4.69, 9.17) is 9.84 Å². The third kappa shape index (κ3) is 12.8. The molecule has 4 N–H and O–H groups in total. The molecule has 11 nitrogen and oxygen atoms in total. The molecule has 0 aliphatic carbocycles. The van der Waals surface area contributed by atoms with Crippen LogP contribution in [0, 0.1) is 11.8 Å². The molecule has 304 valence electrons. The Hall–Kier alpha value is -6.40. The maximum atomic E-state index is 14.5. The van der Waals surface area contributed by atoms with Crippen LogP contribution in [0.4, 0.5) is 0 Å². The standard InChI is InChI=1S/C47H47N3O8S/c51-38-27-37(28-40-12-7-23-59-40)46(56)50-42(26-33-13-17-35(18-14-33)34-10-5-2-6-11-34)47(57)49-41(25-31-8-3-1-4-9-31)43(52)29-36(45(55)48-22-21-44(53)54)24-32-15-19-39(20-16-32)58-30-38/h1-20,23,36-37,41-42H,21-22,24-30H2,(H,48,55)(H,49,57)(H,50,56)(H,53,54)/t36-,37+,41+,42+/m1/s1. The Morgan fingerprint density at radius 1 is 0.678 bits per heavy atom. The number of carboxylic acid groups (broad SMARTS) is 1. The number of carbonyl (C=O) groups is 6. The molecule has 0 saturated carbocycles. The average molecular weight is 814 g/mol. The third-order valence-electron chi connectivity index (χ3n) is 10.3. The number of thiophene rings is 1. The molecule has 5 aromatic rings. The zero-order chi connectivity index (χ0) is 41.6. The topological polar surface area (TPSA) is 168 Å². The molecule has 1 aromatic heterocycles. The molecule has 0 saturated heterocycles. The highest BCUT2D eigenvalue weighted by molar-refractivity contribution is 7.09. The van der Waals surface area contributed by atoms with E-state index in [2.05, 4.69) is 16.0 Å². The molecule has 0 unspecified atom stereocenters. The Morgan fingerprint density at radius 3 is 2.00 bits per heavy atom. The molecule has 0 fully saturated rings. The summed E-state index contributed by atoms with van der Waals surface area (Å²) < 4.78 is 5.82. The normalized spacial score (nSPS) is 19.3. The van der Waals surface area contributed by atoms with Gasteiger partial charge in [-0.2, -0.15) is 0 Å². The number of ketones is 2. The van der Waals surface area contributed by atoms with Gasteiger partial charge in [0.1, 0.15) is 18.4 Å². The highest BCUT2D eigenvalue weighted by atomic mass is 32.1. The van der Waals surface area contributed by atoms with Gasteiger partial charge in [0.25, 0.3) is 0 Å². The quantitative estimate of drug-likeness (QED) is 0.130. The molecule has 3 amide bonds. The summed E-state index contributed by atoms with van der Waals surface area (Å²) >= 11 is 1.47. The summed E-state index contributed by atoms with van der Waals surface area (Å²) in [7, 11) is 0. The van der Waals surface area contributed by atoms with Crippen molar-refractivity contribution in [2.24, 2.45) is 11.8 Å². The number of benzene rings is 4. The number of hydrogen-bond acceptors (Lipinski definition) is 8. The molecule has 0 spiro atoms. The van der Waals surface area contributed by atoms with Crippen LogP contribution in [0.1, 0.15) is 40.8 Å². The van der Waals surface area contributed by atoms with E-state index < -0.39 is 53.4 Å². The minimum absolute atomic E-state index is 0.0876. The fourth-order valence-electron chi connectivity index (χ4n) is 7.08. The van der Waals surface area contributed by atoms with Gasteiger partial charge in [-0.15, -0.1) is 11.3 Å². The van der Waals surface area contributed by atoms with E-state index in [0.29, 0.717) is 11.3 Å². The molecule has 12 heteroatoms. The average Bonchev–Trinajstić information content (AvgIpc) is 3.76. The molecule has 3 heterocycles. The largest absolute Gasteiger partial charge is 0.486 e. The van der Waals surface area contributed by atoms with E-state index in [-0.39, 0.29) is 63.9 Å². The predicted octanol–water partition coefficient (Wildman–Crippen LogP) is 5.79. The summed E-state index contributed by atoms with van der Waals surface area (Å²) in [6.45, 7) is -0.402. The number of ether oxygens (including phenoxy) is 1. The van der Waals surface area contributed by atoms with Crippen molar-refractivity contribution in [2.75, 3.05) is 13.2 Å². The monoisotopic (exact) mass is 813 g/mol. The summed E-state index contributed by atoms with van der Waals surface area (Å²) in [4.78, 5) is 82.3. The highest BCUT2D eigenvalue weighted by Crippen LogP contribution is 2.23. The van der Waals surface area contributed by atoms with Crippen molar-refractivity contribution in [1.82, 2.24) is 16.0 Å². The molecular formula is C47H47N3O8S. The van der Waals surface area contributed by atoms with Gasteiger partial charge in [-0.25, -0.2) is 0 Å². The van der Waals surface area contributed by atoms with Gasteiger partial charge in [0, 0.05) is 42.5 Å². The lowest BCUT2D eigenvalue weighted by Crippen LogP contribution is -2.54. The zero-order valence-electron chi connectivity index (χ0n) is 32.5. The molecule has 4 aromatic carbocycles. The van der Waals surface area contributed by atoms with Gasteiger partial charge in [0.2, 0.25) is 17.7 Å². The third-order valence-corrected chi connectivity index (χ3v) is 11.2. The van der Waals surface area contributed by atoms with Crippen LogP contribution >= 0.6 is 11.3 Å². The van der Waals surface area contributed by atoms with Crippen LogP contribution in [0.15, 0.2) is 127 Å². The summed E-state index contributed by atoms with van der Waals surface area (Å²) in [5.41, 5.74) is 4.24. The number of aliphatic carboxylic acids is 1. The van der Waals surface area contributed by atoms with Crippen LogP contribution in [-0.4, -0.2) is 65.6 Å². The Kier molecular flexibility index (Phi) is 14.9. The number of Topliss-reactive ketones (excluding diaryl/α,β-unsaturated/α-hetero) is 2. The first-order chi connectivity index (χ1) is 28.6. The molecule has 2 bridgehead atoms. The van der Waals surface area contributed by atoms with Crippen LogP contribution in [0.5, 0.6) is 5.75 Å². The molecule has 0 radical (unpaired) electrons. The fourth-order valence-corrected chi connectivity index (χ4v) is 7.87. The van der Waals surface area contributed by atoms with Crippen molar-refractivity contribution in [3.8, 4) is 16.9 Å². The lowest BCUT2D eigenvalue weighted by atomic mass is 9.89. The second kappa shape index (κ2) is 20.9. The maximum absolute atomic E-state index is 14.5. The lowest BCUT2D eigenvalue weighted by Gasteiger charge is -2.26. The molecule has 4 atom stereocenters. The summed E-state index contributed by atoms with van der Waals surface area (Å²) in [6.07, 6.45) is -0.0653. The van der Waals surface area contributed by atoms with Crippen LogP contribution in [0.3, 0.4) is 0 Å². The molecule has 2 aliphatic heterocycles. The van der Waals surface area contributed by atoms with Gasteiger partial charge in [-0.3, -0.25) is 28.8 Å². The Balaban J connectivity index is 1.34. The second-order valence-electron chi connectivity index (χ2n) is 14.7. The summed E-state index contributed by atoms with van der Waals surface area (Å²) in [5, 5.41) is 19.6. The number of carbonyl (C=O) groups excluding carboxylic acids is 5. The Bertz CT molecular complexity index is 2190. The minimum atomic E-state index is -1.14. The van der Waals surface area contributed by atoms with E-state index in [9.17, 15) is 28.8 Å². The van der Waals surface area contributed by atoms with Crippen LogP contribution in [0.25, 0.3) is 11.1 Å². The number of rotatable bonds is 11. The van der Waals surface area contributed by atoms with Crippen molar-refractivity contribution < 1.29 is 38.6 Å². The van der Waals surface area contributed by atoms with E-state index in [1.165, 1.54) is 11.3 Å². The predicted molar refractivity (Wildman–Crippen MR) is 225 cm³/mol. The number of nitrogens with one attached hydrogen (secondary N) is 3. The van der Waals surface area contributed by atoms with Gasteiger partial charge in [0.05, 0.1) is 12.5 Å².